The molecule has 7 heteroatoms. The van der Waals surface area contributed by atoms with Crippen LogP contribution in [0.3, 0.4) is 0 Å². The first-order chi connectivity index (χ1) is 9.63. The van der Waals surface area contributed by atoms with E-state index in [9.17, 15) is 8.42 Å². The van der Waals surface area contributed by atoms with Crippen molar-refractivity contribution in [1.82, 2.24) is 9.62 Å². The zero-order valence-corrected chi connectivity index (χ0v) is 14.2. The van der Waals surface area contributed by atoms with Crippen molar-refractivity contribution in [2.45, 2.75) is 19.4 Å². The van der Waals surface area contributed by atoms with Gasteiger partial charge in [-0.3, -0.25) is 0 Å². The van der Waals surface area contributed by atoms with E-state index in [0.717, 1.165) is 17.9 Å². The van der Waals surface area contributed by atoms with Gasteiger partial charge in [-0.15, -0.1) is 11.3 Å². The molecule has 1 atom stereocenters. The summed E-state index contributed by atoms with van der Waals surface area (Å²) in [6, 6.07) is 4.40. The molecule has 0 bridgehead atoms. The Kier molecular flexibility index (Phi) is 6.35. The number of nitrogens with zero attached hydrogens (tertiary/aromatic N) is 1. The van der Waals surface area contributed by atoms with Crippen LogP contribution in [0.15, 0.2) is 17.5 Å². The van der Waals surface area contributed by atoms with E-state index in [1.165, 1.54) is 4.88 Å². The van der Waals surface area contributed by atoms with Gasteiger partial charge < -0.3 is 5.32 Å². The molecule has 1 saturated heterocycles. The molecule has 1 aliphatic heterocycles. The molecular weight excluding hydrogens is 312 g/mol. The highest BCUT2D eigenvalue weighted by Gasteiger charge is 2.23. The topological polar surface area (TPSA) is 49.4 Å². The Labute approximate surface area is 130 Å². The fourth-order valence-electron chi connectivity index (χ4n) is 2.25. The van der Waals surface area contributed by atoms with Crippen LogP contribution in [0, 0.1) is 0 Å². The van der Waals surface area contributed by atoms with Gasteiger partial charge in [-0.2, -0.15) is 11.8 Å². The molecule has 0 unspecified atom stereocenters. The summed E-state index contributed by atoms with van der Waals surface area (Å²) in [6.45, 7) is 3.96. The molecule has 1 aromatic rings. The standard InChI is InChI=1S/C13H22N2O2S3/c1-2-12(13-4-3-8-19-13)14-5-11-20(16,17)15-6-9-18-10-7-15/h3-4,8,12,14H,2,5-7,9-11H2,1H3/t12-/m1/s1. The van der Waals surface area contributed by atoms with Crippen LogP contribution >= 0.6 is 23.1 Å². The Morgan fingerprint density at radius 3 is 2.75 bits per heavy atom. The molecule has 0 radical (unpaired) electrons. The number of hydrogen-bond acceptors (Lipinski definition) is 5. The summed E-state index contributed by atoms with van der Waals surface area (Å²) in [4.78, 5) is 1.28. The van der Waals surface area contributed by atoms with E-state index in [-0.39, 0.29) is 11.8 Å². The Balaban J connectivity index is 1.82. The number of thioether (sulfide) groups is 1. The first-order valence-electron chi connectivity index (χ1n) is 6.96. The summed E-state index contributed by atoms with van der Waals surface area (Å²) >= 11 is 3.54. The van der Waals surface area contributed by atoms with E-state index >= 15 is 0 Å². The fourth-order valence-corrected chi connectivity index (χ4v) is 5.64. The summed E-state index contributed by atoms with van der Waals surface area (Å²) in [6.07, 6.45) is 0.973. The minimum atomic E-state index is -3.10. The molecule has 2 heterocycles. The van der Waals surface area contributed by atoms with E-state index in [1.807, 2.05) is 17.8 Å². The minimum absolute atomic E-state index is 0.194. The summed E-state index contributed by atoms with van der Waals surface area (Å²) < 4.78 is 26.1. The number of nitrogens with one attached hydrogen (secondary N) is 1. The highest BCUT2D eigenvalue weighted by atomic mass is 32.2. The number of sulfonamides is 1. The quantitative estimate of drug-likeness (QED) is 0.830. The van der Waals surface area contributed by atoms with Crippen LogP contribution in [-0.4, -0.2) is 49.6 Å². The van der Waals surface area contributed by atoms with E-state index in [4.69, 9.17) is 0 Å². The maximum atomic E-state index is 12.2. The molecule has 1 N–H and O–H groups in total. The van der Waals surface area contributed by atoms with Crippen LogP contribution < -0.4 is 5.32 Å². The van der Waals surface area contributed by atoms with Gasteiger partial charge in [-0.25, -0.2) is 12.7 Å². The van der Waals surface area contributed by atoms with Crippen molar-refractivity contribution in [2.24, 2.45) is 0 Å². The summed E-state index contributed by atoms with van der Waals surface area (Å²) in [5.41, 5.74) is 0. The van der Waals surface area contributed by atoms with Gasteiger partial charge >= 0.3 is 0 Å². The van der Waals surface area contributed by atoms with Gasteiger partial charge in [0.25, 0.3) is 0 Å². The third kappa shape index (κ3) is 4.46. The van der Waals surface area contributed by atoms with Crippen molar-refractivity contribution in [3.63, 3.8) is 0 Å². The molecule has 20 heavy (non-hydrogen) atoms. The van der Waals surface area contributed by atoms with Crippen LogP contribution in [0.25, 0.3) is 0 Å². The molecule has 114 valence electrons. The average molecular weight is 335 g/mol. The van der Waals surface area contributed by atoms with Gasteiger partial charge in [0.05, 0.1) is 5.75 Å². The Hall–Kier alpha value is -0.0800. The Bertz CT molecular complexity index is 482. The number of rotatable bonds is 7. The van der Waals surface area contributed by atoms with Crippen LogP contribution in [0.2, 0.25) is 0 Å². The van der Waals surface area contributed by atoms with Crippen molar-refractivity contribution in [2.75, 3.05) is 36.9 Å². The summed E-state index contributed by atoms with van der Waals surface area (Å²) in [7, 11) is -3.10. The van der Waals surface area contributed by atoms with E-state index in [0.29, 0.717) is 19.6 Å². The zero-order chi connectivity index (χ0) is 14.4. The predicted molar refractivity (Wildman–Crippen MR) is 88.0 cm³/mol. The zero-order valence-electron chi connectivity index (χ0n) is 11.7. The molecule has 4 nitrogen and oxygen atoms in total. The maximum Gasteiger partial charge on any atom is 0.215 e. The average Bonchev–Trinajstić information content (AvgIpc) is 2.98. The van der Waals surface area contributed by atoms with Gasteiger partial charge in [-0.1, -0.05) is 13.0 Å². The molecule has 1 aromatic heterocycles. The highest BCUT2D eigenvalue weighted by Crippen LogP contribution is 2.21. The molecule has 0 saturated carbocycles. The summed E-state index contributed by atoms with van der Waals surface area (Å²) in [5, 5.41) is 5.42. The molecule has 1 aliphatic rings. The van der Waals surface area contributed by atoms with Crippen LogP contribution in [0.5, 0.6) is 0 Å². The Morgan fingerprint density at radius 1 is 1.40 bits per heavy atom. The fraction of sp³-hybridized carbons (Fsp3) is 0.692. The van der Waals surface area contributed by atoms with Crippen LogP contribution in [-0.2, 0) is 10.0 Å². The smallest absolute Gasteiger partial charge is 0.215 e. The normalized spacial score (nSPS) is 19.1. The van der Waals surface area contributed by atoms with E-state index < -0.39 is 10.0 Å². The predicted octanol–water partition coefficient (Wildman–Crippen LogP) is 2.17. The second-order valence-electron chi connectivity index (χ2n) is 4.76. The monoisotopic (exact) mass is 334 g/mol. The van der Waals surface area contributed by atoms with Gasteiger partial charge in [-0.05, 0) is 17.9 Å². The minimum Gasteiger partial charge on any atom is -0.308 e. The van der Waals surface area contributed by atoms with Crippen molar-refractivity contribution in [1.29, 1.82) is 0 Å². The van der Waals surface area contributed by atoms with Gasteiger partial charge in [0.1, 0.15) is 0 Å². The lowest BCUT2D eigenvalue weighted by molar-refractivity contribution is 0.440. The van der Waals surface area contributed by atoms with Crippen molar-refractivity contribution in [3.8, 4) is 0 Å². The lowest BCUT2D eigenvalue weighted by Gasteiger charge is -2.26. The Morgan fingerprint density at radius 2 is 2.15 bits per heavy atom. The van der Waals surface area contributed by atoms with Gasteiger partial charge in [0.2, 0.25) is 10.0 Å². The van der Waals surface area contributed by atoms with Gasteiger partial charge in [0, 0.05) is 42.1 Å². The molecule has 1 fully saturated rings. The second kappa shape index (κ2) is 7.79. The number of thiophene rings is 1. The van der Waals surface area contributed by atoms with Crippen molar-refractivity contribution >= 4 is 33.1 Å². The third-order valence-corrected chi connectivity index (χ3v) is 7.21. The van der Waals surface area contributed by atoms with Crippen molar-refractivity contribution < 1.29 is 8.42 Å². The molecule has 2 rings (SSSR count). The molecular formula is C13H22N2O2S3. The largest absolute Gasteiger partial charge is 0.308 e. The lowest BCUT2D eigenvalue weighted by Crippen LogP contribution is -2.41. The first-order valence-corrected chi connectivity index (χ1v) is 10.6. The van der Waals surface area contributed by atoms with Crippen molar-refractivity contribution in [3.05, 3.63) is 22.4 Å². The van der Waals surface area contributed by atoms with E-state index in [2.05, 4.69) is 23.7 Å². The third-order valence-electron chi connectivity index (χ3n) is 3.41. The molecule has 0 aliphatic carbocycles. The van der Waals surface area contributed by atoms with Gasteiger partial charge in [0.15, 0.2) is 0 Å². The molecule has 0 spiro atoms. The SMILES string of the molecule is CC[C@@H](NCCS(=O)(=O)N1CCSCC1)c1cccs1. The lowest BCUT2D eigenvalue weighted by atomic mass is 10.2. The summed E-state index contributed by atoms with van der Waals surface area (Å²) in [5.74, 6) is 2.03. The first kappa shape index (κ1) is 16.3. The highest BCUT2D eigenvalue weighted by molar-refractivity contribution is 7.99. The second-order valence-corrected chi connectivity index (χ2v) is 9.05. The van der Waals surface area contributed by atoms with Crippen LogP contribution in [0.4, 0.5) is 0 Å². The van der Waals surface area contributed by atoms with Crippen LogP contribution in [0.1, 0.15) is 24.3 Å². The maximum absolute atomic E-state index is 12.2. The molecule has 0 aromatic carbocycles. The number of hydrogen-bond donors (Lipinski definition) is 1. The van der Waals surface area contributed by atoms with E-state index in [1.54, 1.807) is 15.6 Å². The molecule has 0 amide bonds.